The van der Waals surface area contributed by atoms with Crippen molar-refractivity contribution in [1.82, 2.24) is 19.5 Å². The van der Waals surface area contributed by atoms with Crippen molar-refractivity contribution in [3.63, 3.8) is 0 Å². The molecule has 0 radical (unpaired) electrons. The van der Waals surface area contributed by atoms with Crippen LogP contribution in [0.5, 0.6) is 0 Å². The maximum atomic E-state index is 9.09. The van der Waals surface area contributed by atoms with Crippen molar-refractivity contribution in [1.29, 1.82) is 0 Å². The summed E-state index contributed by atoms with van der Waals surface area (Å²) >= 11 is 1.22. The van der Waals surface area contributed by atoms with Crippen molar-refractivity contribution >= 4 is 53.3 Å². The average Bonchev–Trinajstić information content (AvgIpc) is 3.87. The number of para-hydroxylation sites is 3. The fourth-order valence-electron chi connectivity index (χ4n) is 6.43. The van der Waals surface area contributed by atoms with E-state index in [0.717, 1.165) is 0 Å². The molecule has 0 saturated heterocycles. The zero-order valence-corrected chi connectivity index (χ0v) is 26.8. The Bertz CT molecular complexity index is 3570. The summed E-state index contributed by atoms with van der Waals surface area (Å²) in [7, 11) is 0. The van der Waals surface area contributed by atoms with Gasteiger partial charge in [0.1, 0.15) is 0 Å². The van der Waals surface area contributed by atoms with Gasteiger partial charge in [0.25, 0.3) is 0 Å². The number of rotatable bonds is 5. The van der Waals surface area contributed by atoms with Crippen LogP contribution >= 0.6 is 11.3 Å². The highest BCUT2D eigenvalue weighted by Crippen LogP contribution is 2.43. The normalized spacial score (nSPS) is 15.0. The molecule has 0 bridgehead atoms. The zero-order chi connectivity index (χ0) is 43.5. The molecule has 0 amide bonds. The Morgan fingerprint density at radius 2 is 1.06 bits per heavy atom. The van der Waals surface area contributed by atoms with E-state index in [-0.39, 0.29) is 93.2 Å². The summed E-state index contributed by atoms with van der Waals surface area (Å²) in [4.78, 5) is 15.0. The Kier molecular flexibility index (Phi) is 4.40. The molecule has 0 fully saturated rings. The van der Waals surface area contributed by atoms with Crippen LogP contribution in [-0.2, 0) is 0 Å². The molecule has 0 atom stereocenters. The Balaban J connectivity index is 1.28. The topological polar surface area (TPSA) is 43.6 Å². The van der Waals surface area contributed by atoms with E-state index < -0.39 is 18.1 Å². The number of aromatic nitrogens is 4. The predicted molar refractivity (Wildman–Crippen MR) is 209 cm³/mol. The standard InChI is InChI=1S/C45H28N4S/c1-2-15-29(16-3-1)43-46-44(36-21-5-4-17-30(36)34-23-14-24-35-33-20-9-13-28-41(33)50-42(34)35)48-45(47-43)37-22-8-12-27-40(37)49-38-25-10-6-18-31(38)32-19-7-11-26-39(32)49/h1-28H/i6D,7D,9D,10D,14D,18D,19D,20D,24D,25D,26D,28D. The second-order valence-corrected chi connectivity index (χ2v) is 12.5. The summed E-state index contributed by atoms with van der Waals surface area (Å²) < 4.78 is 108. The van der Waals surface area contributed by atoms with E-state index in [1.165, 1.54) is 28.0 Å². The van der Waals surface area contributed by atoms with E-state index in [1.54, 1.807) is 30.3 Å². The van der Waals surface area contributed by atoms with Gasteiger partial charge in [0.15, 0.2) is 17.5 Å². The van der Waals surface area contributed by atoms with E-state index >= 15 is 0 Å². The third-order valence-electron chi connectivity index (χ3n) is 8.63. The van der Waals surface area contributed by atoms with Gasteiger partial charge in [-0.3, -0.25) is 0 Å². The molecule has 7 aromatic carbocycles. The second kappa shape index (κ2) is 11.6. The van der Waals surface area contributed by atoms with Crippen LogP contribution in [0.2, 0.25) is 0 Å². The summed E-state index contributed by atoms with van der Waals surface area (Å²) in [5.74, 6) is 0.687. The van der Waals surface area contributed by atoms with Gasteiger partial charge >= 0.3 is 0 Å². The highest BCUT2D eigenvalue weighted by Gasteiger charge is 2.21. The van der Waals surface area contributed by atoms with Crippen LogP contribution in [0.15, 0.2) is 170 Å². The van der Waals surface area contributed by atoms with E-state index in [2.05, 4.69) is 0 Å². The molecular weight excluding hydrogens is 629 g/mol. The Morgan fingerprint density at radius 3 is 1.92 bits per heavy atom. The Hall–Kier alpha value is -6.43. The first-order valence-corrected chi connectivity index (χ1v) is 16.5. The molecule has 4 nitrogen and oxygen atoms in total. The fourth-order valence-corrected chi connectivity index (χ4v) is 7.54. The van der Waals surface area contributed by atoms with E-state index in [1.807, 2.05) is 54.6 Å². The molecule has 5 heteroatoms. The zero-order valence-electron chi connectivity index (χ0n) is 37.9. The fraction of sp³-hybridized carbons (Fsp3) is 0. The van der Waals surface area contributed by atoms with Crippen molar-refractivity contribution in [2.45, 2.75) is 0 Å². The number of fused-ring (bicyclic) bond motifs is 6. The first kappa shape index (κ1) is 18.9. The van der Waals surface area contributed by atoms with Crippen LogP contribution in [0, 0.1) is 0 Å². The minimum Gasteiger partial charge on any atom is -0.309 e. The minimum atomic E-state index is -0.506. The molecule has 0 spiro atoms. The van der Waals surface area contributed by atoms with Crippen molar-refractivity contribution < 1.29 is 16.4 Å². The van der Waals surface area contributed by atoms with Gasteiger partial charge in [-0.05, 0) is 35.8 Å². The largest absolute Gasteiger partial charge is 0.309 e. The first-order valence-electron chi connectivity index (χ1n) is 21.7. The molecule has 3 aromatic heterocycles. The third-order valence-corrected chi connectivity index (χ3v) is 9.78. The number of thiophene rings is 1. The lowest BCUT2D eigenvalue weighted by Gasteiger charge is -2.15. The third kappa shape index (κ3) is 4.55. The molecule has 0 N–H and O–H groups in total. The molecule has 0 aliphatic rings. The smallest absolute Gasteiger partial charge is 0.166 e. The molecule has 0 aliphatic carbocycles. The molecule has 50 heavy (non-hydrogen) atoms. The van der Waals surface area contributed by atoms with Gasteiger partial charge in [-0.1, -0.05) is 139 Å². The number of benzene rings is 7. The molecule has 0 aliphatic heterocycles. The lowest BCUT2D eigenvalue weighted by atomic mass is 9.97. The molecule has 10 rings (SSSR count). The van der Waals surface area contributed by atoms with Gasteiger partial charge in [0.05, 0.1) is 33.2 Å². The highest BCUT2D eigenvalue weighted by molar-refractivity contribution is 7.26. The van der Waals surface area contributed by atoms with Crippen molar-refractivity contribution in [3.05, 3.63) is 170 Å². The summed E-state index contributed by atoms with van der Waals surface area (Å²) in [6.07, 6.45) is 0. The van der Waals surface area contributed by atoms with Gasteiger partial charge in [-0.25, -0.2) is 15.0 Å². The second-order valence-electron chi connectivity index (χ2n) is 11.5. The van der Waals surface area contributed by atoms with Gasteiger partial charge in [-0.15, -0.1) is 11.3 Å². The van der Waals surface area contributed by atoms with Gasteiger partial charge in [0.2, 0.25) is 0 Å². The molecule has 234 valence electrons. The average molecular weight is 669 g/mol. The van der Waals surface area contributed by atoms with Crippen molar-refractivity contribution in [2.75, 3.05) is 0 Å². The van der Waals surface area contributed by atoms with Crippen LogP contribution in [0.3, 0.4) is 0 Å². The molecule has 10 aromatic rings. The lowest BCUT2D eigenvalue weighted by molar-refractivity contribution is 1.06. The SMILES string of the molecule is [2H]c1cc([2H])c2sc3c(-c4ccccc4-c4nc(-c5ccccc5)nc(-c5ccccc5-n5c6c([2H])cc([2H])c([2H])c6c6c([2H])c([2H])c([2H])c([2H])c65)n4)cc([2H])c([2H])c3c2c1[2H]. The van der Waals surface area contributed by atoms with E-state index in [9.17, 15) is 0 Å². The molecule has 0 unspecified atom stereocenters. The summed E-state index contributed by atoms with van der Waals surface area (Å²) in [5.41, 5.74) is 3.21. The maximum absolute atomic E-state index is 9.09. The monoisotopic (exact) mass is 668 g/mol. The first-order chi connectivity index (χ1) is 29.8. The summed E-state index contributed by atoms with van der Waals surface area (Å²) in [5, 5.41) is 0.658. The van der Waals surface area contributed by atoms with Crippen LogP contribution in [0.1, 0.15) is 16.4 Å². The molecule has 0 saturated carbocycles. The minimum absolute atomic E-state index is 0.0117. The lowest BCUT2D eigenvalue weighted by Crippen LogP contribution is -2.04. The quantitative estimate of drug-likeness (QED) is 0.183. The highest BCUT2D eigenvalue weighted by atomic mass is 32.1. The van der Waals surface area contributed by atoms with E-state index in [4.69, 9.17) is 31.4 Å². The Labute approximate surface area is 309 Å². The van der Waals surface area contributed by atoms with Crippen LogP contribution in [0.25, 0.3) is 93.0 Å². The molecule has 3 heterocycles. The maximum Gasteiger partial charge on any atom is 0.166 e. The summed E-state index contributed by atoms with van der Waals surface area (Å²) in [6.45, 7) is 0. The van der Waals surface area contributed by atoms with Crippen LogP contribution in [0.4, 0.5) is 0 Å². The number of hydrogen-bond acceptors (Lipinski definition) is 4. The predicted octanol–water partition coefficient (Wildman–Crippen LogP) is 12.0. The molecular formula is C45H28N4S. The van der Waals surface area contributed by atoms with E-state index in [0.29, 0.717) is 54.1 Å². The summed E-state index contributed by atoms with van der Waals surface area (Å²) in [6, 6.07) is 24.7. The van der Waals surface area contributed by atoms with Gasteiger partial charge in [-0.2, -0.15) is 0 Å². The van der Waals surface area contributed by atoms with Crippen LogP contribution < -0.4 is 0 Å². The number of nitrogens with zero attached hydrogens (tertiary/aromatic N) is 4. The van der Waals surface area contributed by atoms with Crippen LogP contribution in [-0.4, -0.2) is 19.5 Å². The van der Waals surface area contributed by atoms with Crippen molar-refractivity contribution in [2.24, 2.45) is 0 Å². The Morgan fingerprint density at radius 1 is 0.440 bits per heavy atom. The van der Waals surface area contributed by atoms with Gasteiger partial charge < -0.3 is 4.57 Å². The van der Waals surface area contributed by atoms with Crippen molar-refractivity contribution in [3.8, 4) is 51.0 Å². The van der Waals surface area contributed by atoms with Gasteiger partial charge in [0, 0.05) is 53.2 Å². The number of hydrogen-bond donors (Lipinski definition) is 0.